The Labute approximate surface area is 111 Å². The average Bonchev–Trinajstić information content (AvgIpc) is 3.06. The lowest BCUT2D eigenvalue weighted by atomic mass is 10.1. The van der Waals surface area contributed by atoms with Crippen molar-refractivity contribution in [1.29, 1.82) is 0 Å². The Kier molecular flexibility index (Phi) is 2.93. The second-order valence-corrected chi connectivity index (χ2v) is 4.92. The normalized spacial score (nSPS) is 15.2. The second-order valence-electron chi connectivity index (χ2n) is 4.92. The quantitative estimate of drug-likeness (QED) is 0.832. The maximum absolute atomic E-state index is 12.4. The van der Waals surface area contributed by atoms with Crippen LogP contribution in [0.2, 0.25) is 0 Å². The molecule has 0 N–H and O–H groups in total. The third-order valence-electron chi connectivity index (χ3n) is 3.73. The Morgan fingerprint density at radius 2 is 2.05 bits per heavy atom. The number of hydrogen-bond donors (Lipinski definition) is 0. The van der Waals surface area contributed by atoms with Crippen molar-refractivity contribution in [2.75, 3.05) is 20.2 Å². The Balaban J connectivity index is 2.04. The van der Waals surface area contributed by atoms with Gasteiger partial charge in [-0.2, -0.15) is 0 Å². The first-order chi connectivity index (χ1) is 9.20. The molecule has 0 aliphatic carbocycles. The molecule has 19 heavy (non-hydrogen) atoms. The van der Waals surface area contributed by atoms with Crippen LogP contribution in [-0.2, 0) is 0 Å². The van der Waals surface area contributed by atoms with Gasteiger partial charge in [-0.3, -0.25) is 4.79 Å². The highest BCUT2D eigenvalue weighted by molar-refractivity contribution is 5.99. The van der Waals surface area contributed by atoms with Crippen molar-refractivity contribution < 1.29 is 13.9 Å². The summed E-state index contributed by atoms with van der Waals surface area (Å²) in [4.78, 5) is 14.3. The van der Waals surface area contributed by atoms with E-state index in [1.807, 2.05) is 30.0 Å². The number of amides is 1. The maximum Gasteiger partial charge on any atom is 0.289 e. The summed E-state index contributed by atoms with van der Waals surface area (Å²) >= 11 is 0. The van der Waals surface area contributed by atoms with Crippen molar-refractivity contribution >= 4 is 16.9 Å². The Bertz CT molecular complexity index is 624. The van der Waals surface area contributed by atoms with Gasteiger partial charge in [0, 0.05) is 24.0 Å². The molecule has 3 rings (SSSR count). The average molecular weight is 259 g/mol. The molecule has 4 heteroatoms. The zero-order valence-electron chi connectivity index (χ0n) is 11.2. The van der Waals surface area contributed by atoms with Gasteiger partial charge in [-0.25, -0.2) is 0 Å². The molecule has 1 saturated heterocycles. The van der Waals surface area contributed by atoms with E-state index in [9.17, 15) is 4.79 Å². The van der Waals surface area contributed by atoms with Gasteiger partial charge in [-0.1, -0.05) is 0 Å². The molecule has 4 nitrogen and oxygen atoms in total. The summed E-state index contributed by atoms with van der Waals surface area (Å²) in [5, 5.41) is 0.946. The van der Waals surface area contributed by atoms with E-state index >= 15 is 0 Å². The second kappa shape index (κ2) is 4.61. The highest BCUT2D eigenvalue weighted by atomic mass is 16.5. The molecule has 100 valence electrons. The van der Waals surface area contributed by atoms with Crippen LogP contribution < -0.4 is 4.74 Å². The van der Waals surface area contributed by atoms with Gasteiger partial charge in [-0.05, 0) is 38.0 Å². The molecule has 1 aliphatic rings. The predicted molar refractivity (Wildman–Crippen MR) is 72.6 cm³/mol. The van der Waals surface area contributed by atoms with E-state index in [0.29, 0.717) is 5.76 Å². The number of fused-ring (bicyclic) bond motifs is 1. The summed E-state index contributed by atoms with van der Waals surface area (Å²) < 4.78 is 10.9. The van der Waals surface area contributed by atoms with Crippen LogP contribution in [0.1, 0.15) is 29.0 Å². The summed E-state index contributed by atoms with van der Waals surface area (Å²) in [5.74, 6) is 1.24. The molecule has 0 spiro atoms. The third kappa shape index (κ3) is 1.97. The van der Waals surface area contributed by atoms with Crippen molar-refractivity contribution in [3.63, 3.8) is 0 Å². The minimum Gasteiger partial charge on any atom is -0.497 e. The number of nitrogens with zero attached hydrogens (tertiary/aromatic N) is 1. The molecule has 0 unspecified atom stereocenters. The number of methoxy groups -OCH3 is 1. The number of furan rings is 1. The van der Waals surface area contributed by atoms with Crippen LogP contribution in [0.4, 0.5) is 0 Å². The highest BCUT2D eigenvalue weighted by Crippen LogP contribution is 2.30. The van der Waals surface area contributed by atoms with Crippen molar-refractivity contribution in [2.45, 2.75) is 19.8 Å². The molecule has 1 fully saturated rings. The van der Waals surface area contributed by atoms with E-state index in [1.54, 1.807) is 7.11 Å². The fourth-order valence-corrected chi connectivity index (χ4v) is 2.59. The van der Waals surface area contributed by atoms with Gasteiger partial charge >= 0.3 is 0 Å². The van der Waals surface area contributed by atoms with Crippen LogP contribution in [-0.4, -0.2) is 31.0 Å². The third-order valence-corrected chi connectivity index (χ3v) is 3.73. The first-order valence-corrected chi connectivity index (χ1v) is 6.57. The molecular formula is C15H17NO3. The van der Waals surface area contributed by atoms with Gasteiger partial charge in [0.05, 0.1) is 7.11 Å². The van der Waals surface area contributed by atoms with Crippen LogP contribution in [0, 0.1) is 6.92 Å². The van der Waals surface area contributed by atoms with E-state index in [-0.39, 0.29) is 5.91 Å². The molecule has 1 amide bonds. The van der Waals surface area contributed by atoms with Gasteiger partial charge in [0.15, 0.2) is 5.76 Å². The zero-order chi connectivity index (χ0) is 13.4. The fraction of sp³-hybridized carbons (Fsp3) is 0.400. The first kappa shape index (κ1) is 12.1. The van der Waals surface area contributed by atoms with E-state index in [4.69, 9.17) is 9.15 Å². The number of carbonyl (C=O) groups excluding carboxylic acids is 1. The number of aryl methyl sites for hydroxylation is 1. The van der Waals surface area contributed by atoms with E-state index in [1.165, 1.54) is 0 Å². The molecule has 0 atom stereocenters. The molecule has 1 aromatic carbocycles. The van der Waals surface area contributed by atoms with E-state index < -0.39 is 0 Å². The Morgan fingerprint density at radius 1 is 1.32 bits per heavy atom. The summed E-state index contributed by atoms with van der Waals surface area (Å²) in [6, 6.07) is 5.60. The lowest BCUT2D eigenvalue weighted by Gasteiger charge is -2.13. The van der Waals surface area contributed by atoms with Gasteiger partial charge < -0.3 is 14.1 Å². The molecular weight excluding hydrogens is 242 g/mol. The topological polar surface area (TPSA) is 42.7 Å². The number of carbonyl (C=O) groups is 1. The highest BCUT2D eigenvalue weighted by Gasteiger charge is 2.25. The van der Waals surface area contributed by atoms with Crippen LogP contribution in [0.5, 0.6) is 5.75 Å². The monoisotopic (exact) mass is 259 g/mol. The Hall–Kier alpha value is -1.97. The summed E-state index contributed by atoms with van der Waals surface area (Å²) in [6.07, 6.45) is 2.16. The smallest absolute Gasteiger partial charge is 0.289 e. The fourth-order valence-electron chi connectivity index (χ4n) is 2.59. The zero-order valence-corrected chi connectivity index (χ0v) is 11.2. The summed E-state index contributed by atoms with van der Waals surface area (Å²) in [6.45, 7) is 3.59. The van der Waals surface area contributed by atoms with Crippen molar-refractivity contribution in [3.05, 3.63) is 29.5 Å². The number of likely N-dealkylation sites (tertiary alicyclic amines) is 1. The van der Waals surface area contributed by atoms with Gasteiger partial charge in [0.25, 0.3) is 5.91 Å². The van der Waals surface area contributed by atoms with Crippen LogP contribution in [0.3, 0.4) is 0 Å². The minimum atomic E-state index is 0.00478. The summed E-state index contributed by atoms with van der Waals surface area (Å²) in [5.41, 5.74) is 1.63. The maximum atomic E-state index is 12.4. The lowest BCUT2D eigenvalue weighted by molar-refractivity contribution is 0.0762. The standard InChI is InChI=1S/C15H17NO3/c1-10-12-9-11(18-2)5-6-13(12)19-14(10)15(17)16-7-3-4-8-16/h5-6,9H,3-4,7-8H2,1-2H3. The van der Waals surface area contributed by atoms with Crippen LogP contribution in [0.25, 0.3) is 11.0 Å². The van der Waals surface area contributed by atoms with Gasteiger partial charge in [0.1, 0.15) is 11.3 Å². The van der Waals surface area contributed by atoms with Crippen molar-refractivity contribution in [1.82, 2.24) is 4.90 Å². The molecule has 2 heterocycles. The van der Waals surface area contributed by atoms with Crippen molar-refractivity contribution in [3.8, 4) is 5.75 Å². The molecule has 1 aromatic heterocycles. The van der Waals surface area contributed by atoms with Crippen LogP contribution >= 0.6 is 0 Å². The first-order valence-electron chi connectivity index (χ1n) is 6.57. The molecule has 0 bridgehead atoms. The minimum absolute atomic E-state index is 0.00478. The largest absolute Gasteiger partial charge is 0.497 e. The van der Waals surface area contributed by atoms with Gasteiger partial charge in [0.2, 0.25) is 0 Å². The van der Waals surface area contributed by atoms with E-state index in [2.05, 4.69) is 0 Å². The summed E-state index contributed by atoms with van der Waals surface area (Å²) in [7, 11) is 1.63. The van der Waals surface area contributed by atoms with Gasteiger partial charge in [-0.15, -0.1) is 0 Å². The lowest BCUT2D eigenvalue weighted by Crippen LogP contribution is -2.27. The number of benzene rings is 1. The SMILES string of the molecule is COc1ccc2oc(C(=O)N3CCCC3)c(C)c2c1. The number of hydrogen-bond acceptors (Lipinski definition) is 3. The Morgan fingerprint density at radius 3 is 2.74 bits per heavy atom. The molecule has 2 aromatic rings. The predicted octanol–water partition coefficient (Wildman–Crippen LogP) is 2.99. The molecule has 1 aliphatic heterocycles. The molecule has 0 saturated carbocycles. The number of rotatable bonds is 2. The van der Waals surface area contributed by atoms with Crippen LogP contribution in [0.15, 0.2) is 22.6 Å². The number of ether oxygens (including phenoxy) is 1. The van der Waals surface area contributed by atoms with E-state index in [0.717, 1.165) is 48.2 Å². The molecule has 0 radical (unpaired) electrons. The van der Waals surface area contributed by atoms with Crippen molar-refractivity contribution in [2.24, 2.45) is 0 Å².